The lowest BCUT2D eigenvalue weighted by Gasteiger charge is -2.20. The summed E-state index contributed by atoms with van der Waals surface area (Å²) in [5, 5.41) is 10.5. The molecule has 96 valence electrons. The molecule has 2 rings (SSSR count). The summed E-state index contributed by atoms with van der Waals surface area (Å²) in [6.45, 7) is 4.35. The Balaban J connectivity index is 2.57. The van der Waals surface area contributed by atoms with E-state index in [1.54, 1.807) is 0 Å². The number of nitrogens with zero attached hydrogens (tertiary/aromatic N) is 1. The van der Waals surface area contributed by atoms with Crippen molar-refractivity contribution in [2.75, 3.05) is 0 Å². The second kappa shape index (κ2) is 6.00. The summed E-state index contributed by atoms with van der Waals surface area (Å²) >= 11 is 0. The van der Waals surface area contributed by atoms with E-state index in [-0.39, 0.29) is 5.92 Å². The van der Waals surface area contributed by atoms with Gasteiger partial charge in [0.15, 0.2) is 0 Å². The molecule has 1 nitrogen and oxygen atoms in total. The van der Waals surface area contributed by atoms with E-state index in [4.69, 9.17) is 0 Å². The Morgan fingerprint density at radius 2 is 1.89 bits per heavy atom. The molecule has 2 aromatic rings. The van der Waals surface area contributed by atoms with Crippen LogP contribution in [0.4, 0.5) is 0 Å². The maximum atomic E-state index is 9.25. The molecule has 2 unspecified atom stereocenters. The molecular formula is C17H18NP. The third-order valence-electron chi connectivity index (χ3n) is 3.59. The van der Waals surface area contributed by atoms with Crippen molar-refractivity contribution in [3.05, 3.63) is 64.7 Å². The van der Waals surface area contributed by atoms with Crippen molar-refractivity contribution in [2.45, 2.75) is 26.2 Å². The van der Waals surface area contributed by atoms with E-state index in [0.29, 0.717) is 0 Å². The van der Waals surface area contributed by atoms with Gasteiger partial charge in [-0.25, -0.2) is 0 Å². The second-order valence-electron chi connectivity index (χ2n) is 4.69. The van der Waals surface area contributed by atoms with Crippen LogP contribution in [0.5, 0.6) is 0 Å². The largest absolute Gasteiger partial charge is 0.192 e. The maximum Gasteiger partial charge on any atom is 0.0994 e. The topological polar surface area (TPSA) is 23.8 Å². The van der Waals surface area contributed by atoms with Crippen molar-refractivity contribution in [2.24, 2.45) is 0 Å². The van der Waals surface area contributed by atoms with E-state index >= 15 is 0 Å². The Labute approximate surface area is 117 Å². The Morgan fingerprint density at radius 1 is 1.16 bits per heavy atom. The fraction of sp³-hybridized carbons (Fsp3) is 0.235. The highest BCUT2D eigenvalue weighted by Crippen LogP contribution is 2.29. The number of benzene rings is 2. The molecule has 0 aromatic heterocycles. The molecule has 0 fully saturated rings. The van der Waals surface area contributed by atoms with Gasteiger partial charge in [0, 0.05) is 5.92 Å². The quantitative estimate of drug-likeness (QED) is 0.776. The lowest BCUT2D eigenvalue weighted by atomic mass is 9.86. The first-order chi connectivity index (χ1) is 9.19. The van der Waals surface area contributed by atoms with Gasteiger partial charge in [0.25, 0.3) is 0 Å². The summed E-state index contributed by atoms with van der Waals surface area (Å²) in [5.41, 5.74) is 4.56. The minimum Gasteiger partial charge on any atom is -0.192 e. The fourth-order valence-electron chi connectivity index (χ4n) is 2.60. The van der Waals surface area contributed by atoms with Crippen molar-refractivity contribution >= 4 is 14.5 Å². The highest BCUT2D eigenvalue weighted by atomic mass is 31.0. The molecule has 0 aliphatic rings. The Bertz CT molecular complexity index is 625. The van der Waals surface area contributed by atoms with Gasteiger partial charge < -0.3 is 0 Å². The van der Waals surface area contributed by atoms with Gasteiger partial charge in [-0.05, 0) is 34.5 Å². The summed E-state index contributed by atoms with van der Waals surface area (Å²) < 4.78 is 0. The predicted octanol–water partition coefficient (Wildman–Crippen LogP) is 3.77. The zero-order valence-corrected chi connectivity index (χ0v) is 12.5. The maximum absolute atomic E-state index is 9.25. The van der Waals surface area contributed by atoms with Gasteiger partial charge in [0.1, 0.15) is 0 Å². The molecule has 0 heterocycles. The molecule has 0 saturated heterocycles. The molecule has 2 aromatic carbocycles. The molecule has 0 radical (unpaired) electrons. The molecule has 0 spiro atoms. The highest BCUT2D eigenvalue weighted by Gasteiger charge is 2.17. The van der Waals surface area contributed by atoms with E-state index in [1.165, 1.54) is 16.4 Å². The zero-order valence-electron chi connectivity index (χ0n) is 11.4. The van der Waals surface area contributed by atoms with Gasteiger partial charge in [-0.3, -0.25) is 0 Å². The first-order valence-corrected chi connectivity index (χ1v) is 7.13. The van der Waals surface area contributed by atoms with Crippen molar-refractivity contribution in [1.82, 2.24) is 0 Å². The normalized spacial score (nSPS) is 11.9. The highest BCUT2D eigenvalue weighted by molar-refractivity contribution is 7.27. The summed E-state index contributed by atoms with van der Waals surface area (Å²) in [6, 6.07) is 16.5. The fourth-order valence-corrected chi connectivity index (χ4v) is 3.15. The van der Waals surface area contributed by atoms with Gasteiger partial charge in [-0.1, -0.05) is 50.2 Å². The minimum absolute atomic E-state index is 0.236. The van der Waals surface area contributed by atoms with Crippen LogP contribution in [-0.4, -0.2) is 0 Å². The van der Waals surface area contributed by atoms with Gasteiger partial charge in [0.05, 0.1) is 11.6 Å². The number of hydrogen-bond donors (Lipinski definition) is 0. The Hall–Kier alpha value is -1.64. The van der Waals surface area contributed by atoms with Gasteiger partial charge in [-0.2, -0.15) is 5.26 Å². The SMILES string of the molecule is CCc1cccc(P)c1C(C)c1ccccc1C#N. The van der Waals surface area contributed by atoms with Gasteiger partial charge >= 0.3 is 0 Å². The number of rotatable bonds is 3. The zero-order chi connectivity index (χ0) is 13.8. The first-order valence-electron chi connectivity index (χ1n) is 6.55. The molecule has 2 heteroatoms. The Morgan fingerprint density at radius 3 is 2.58 bits per heavy atom. The van der Waals surface area contributed by atoms with Crippen molar-refractivity contribution in [3.8, 4) is 6.07 Å². The molecule has 0 N–H and O–H groups in total. The van der Waals surface area contributed by atoms with E-state index in [9.17, 15) is 5.26 Å². The van der Waals surface area contributed by atoms with Crippen molar-refractivity contribution in [3.63, 3.8) is 0 Å². The van der Waals surface area contributed by atoms with E-state index in [0.717, 1.165) is 17.5 Å². The third-order valence-corrected chi connectivity index (χ3v) is 4.10. The van der Waals surface area contributed by atoms with Crippen LogP contribution in [0.25, 0.3) is 0 Å². The third kappa shape index (κ3) is 2.70. The van der Waals surface area contributed by atoms with Crippen LogP contribution in [0.3, 0.4) is 0 Å². The lowest BCUT2D eigenvalue weighted by molar-refractivity contribution is 0.897. The van der Waals surface area contributed by atoms with Crippen molar-refractivity contribution < 1.29 is 0 Å². The summed E-state index contributed by atoms with van der Waals surface area (Å²) in [6.07, 6.45) is 1.01. The second-order valence-corrected chi connectivity index (χ2v) is 5.32. The standard InChI is InChI=1S/C17H18NP/c1-3-13-8-6-10-16(19)17(13)12(2)15-9-5-4-7-14(15)11-18/h4-10,12H,3,19H2,1-2H3. The average Bonchev–Trinajstić information content (AvgIpc) is 2.46. The van der Waals surface area contributed by atoms with Crippen LogP contribution in [0.2, 0.25) is 0 Å². The minimum atomic E-state index is 0.236. The molecule has 0 aliphatic heterocycles. The molecule has 0 saturated carbocycles. The summed E-state index contributed by atoms with van der Waals surface area (Å²) in [4.78, 5) is 0. The molecule has 0 aliphatic carbocycles. The monoisotopic (exact) mass is 267 g/mol. The number of nitriles is 1. The lowest BCUT2D eigenvalue weighted by Crippen LogP contribution is -2.11. The molecule has 0 bridgehead atoms. The van der Waals surface area contributed by atoms with Crippen LogP contribution in [0.1, 0.15) is 42.0 Å². The smallest absolute Gasteiger partial charge is 0.0994 e. The Kier molecular flexibility index (Phi) is 4.35. The van der Waals surface area contributed by atoms with E-state index in [2.05, 4.69) is 53.4 Å². The molecular weight excluding hydrogens is 249 g/mol. The summed E-state index contributed by atoms with van der Waals surface area (Å²) in [5.74, 6) is 0.236. The molecule has 0 amide bonds. The van der Waals surface area contributed by atoms with Crippen LogP contribution in [-0.2, 0) is 6.42 Å². The van der Waals surface area contributed by atoms with Crippen molar-refractivity contribution in [1.29, 1.82) is 5.26 Å². The number of aryl methyl sites for hydroxylation is 1. The molecule has 2 atom stereocenters. The van der Waals surface area contributed by atoms with Crippen LogP contribution < -0.4 is 5.30 Å². The first kappa shape index (κ1) is 13.8. The van der Waals surface area contributed by atoms with Crippen LogP contribution in [0, 0.1) is 11.3 Å². The van der Waals surface area contributed by atoms with E-state index < -0.39 is 0 Å². The summed E-state index contributed by atoms with van der Waals surface area (Å²) in [7, 11) is 2.82. The van der Waals surface area contributed by atoms with Crippen LogP contribution >= 0.6 is 9.24 Å². The average molecular weight is 267 g/mol. The number of hydrogen-bond acceptors (Lipinski definition) is 1. The van der Waals surface area contributed by atoms with Crippen LogP contribution in [0.15, 0.2) is 42.5 Å². The van der Waals surface area contributed by atoms with Gasteiger partial charge in [-0.15, -0.1) is 9.24 Å². The molecule has 19 heavy (non-hydrogen) atoms. The predicted molar refractivity (Wildman–Crippen MR) is 83.8 cm³/mol. The van der Waals surface area contributed by atoms with E-state index in [1.807, 2.05) is 18.2 Å². The van der Waals surface area contributed by atoms with Gasteiger partial charge in [0.2, 0.25) is 0 Å².